The third-order valence-corrected chi connectivity index (χ3v) is 5.23. The summed E-state index contributed by atoms with van der Waals surface area (Å²) in [6, 6.07) is 2.15. The van der Waals surface area contributed by atoms with Gasteiger partial charge in [-0.2, -0.15) is 0 Å². The van der Waals surface area contributed by atoms with E-state index in [0.717, 1.165) is 38.3 Å². The Bertz CT molecular complexity index is 544. The molecule has 0 spiro atoms. The van der Waals surface area contributed by atoms with Crippen molar-refractivity contribution < 1.29 is 14.0 Å². The van der Waals surface area contributed by atoms with Crippen molar-refractivity contribution in [3.05, 3.63) is 24.0 Å². The molecule has 2 aliphatic rings. The molecule has 0 unspecified atom stereocenters. The average molecular weight is 318 g/mol. The van der Waals surface area contributed by atoms with Crippen LogP contribution in [0.5, 0.6) is 0 Å². The fourth-order valence-corrected chi connectivity index (χ4v) is 2.82. The molecular formula is C17H27BN2O3. The lowest BCUT2D eigenvalue weighted by atomic mass is 9.69. The van der Waals surface area contributed by atoms with Gasteiger partial charge in [0.25, 0.3) is 0 Å². The molecule has 0 N–H and O–H groups in total. The van der Waals surface area contributed by atoms with Crippen molar-refractivity contribution in [2.45, 2.75) is 39.8 Å². The van der Waals surface area contributed by atoms with Crippen LogP contribution in [0.4, 0.5) is 0 Å². The highest BCUT2D eigenvalue weighted by molar-refractivity contribution is 6.61. The van der Waals surface area contributed by atoms with Crippen LogP contribution in [0, 0.1) is 5.41 Å². The summed E-state index contributed by atoms with van der Waals surface area (Å²) in [5, 5.41) is 0. The van der Waals surface area contributed by atoms with Gasteiger partial charge in [0, 0.05) is 49.5 Å². The zero-order chi connectivity index (χ0) is 16.5. The fourth-order valence-electron chi connectivity index (χ4n) is 2.82. The summed E-state index contributed by atoms with van der Waals surface area (Å²) >= 11 is 0. The second-order valence-corrected chi connectivity index (χ2v) is 7.67. The van der Waals surface area contributed by atoms with E-state index in [2.05, 4.69) is 43.6 Å². The van der Waals surface area contributed by atoms with Gasteiger partial charge in [0.2, 0.25) is 0 Å². The monoisotopic (exact) mass is 318 g/mol. The first-order valence-electron chi connectivity index (χ1n) is 8.41. The van der Waals surface area contributed by atoms with Crippen molar-refractivity contribution in [1.82, 2.24) is 9.88 Å². The van der Waals surface area contributed by atoms with E-state index < -0.39 is 0 Å². The molecule has 1 aromatic rings. The lowest BCUT2D eigenvalue weighted by Gasteiger charge is -2.47. The van der Waals surface area contributed by atoms with Gasteiger partial charge in [-0.3, -0.25) is 9.88 Å². The molecule has 6 heteroatoms. The van der Waals surface area contributed by atoms with Crippen LogP contribution in [0.3, 0.4) is 0 Å². The number of pyridine rings is 1. The van der Waals surface area contributed by atoms with E-state index in [4.69, 9.17) is 14.0 Å². The molecule has 2 aliphatic heterocycles. The molecule has 3 rings (SSSR count). The Kier molecular flexibility index (Phi) is 4.79. The second-order valence-electron chi connectivity index (χ2n) is 7.67. The first-order valence-corrected chi connectivity index (χ1v) is 8.41. The van der Waals surface area contributed by atoms with Crippen LogP contribution in [0.2, 0.25) is 0 Å². The molecule has 0 aliphatic carbocycles. The summed E-state index contributed by atoms with van der Waals surface area (Å²) in [4.78, 5) is 6.78. The predicted octanol–water partition coefficient (Wildman–Crippen LogP) is 1.46. The summed E-state index contributed by atoms with van der Waals surface area (Å²) < 4.78 is 17.6. The van der Waals surface area contributed by atoms with Gasteiger partial charge in [0.05, 0.1) is 18.8 Å². The quantitative estimate of drug-likeness (QED) is 0.790. The Hall–Kier alpha value is -0.945. The van der Waals surface area contributed by atoms with E-state index in [1.807, 2.05) is 12.4 Å². The van der Waals surface area contributed by atoms with E-state index in [9.17, 15) is 0 Å². The van der Waals surface area contributed by atoms with Gasteiger partial charge in [-0.1, -0.05) is 19.9 Å². The third-order valence-electron chi connectivity index (χ3n) is 5.23. The van der Waals surface area contributed by atoms with Gasteiger partial charge in [-0.15, -0.1) is 0 Å². The molecule has 1 aromatic heterocycles. The summed E-state index contributed by atoms with van der Waals surface area (Å²) in [5.74, 6) is 0. The average Bonchev–Trinajstić information content (AvgIpc) is 2.51. The van der Waals surface area contributed by atoms with Gasteiger partial charge in [0.1, 0.15) is 0 Å². The SMILES string of the molecule is CC1(C)COB(c2cncc(CN3CCOCC3)c2)OC1(C)C. The van der Waals surface area contributed by atoms with Gasteiger partial charge in [-0.05, 0) is 19.4 Å². The Labute approximate surface area is 139 Å². The maximum Gasteiger partial charge on any atom is 0.495 e. The van der Waals surface area contributed by atoms with Gasteiger partial charge >= 0.3 is 7.12 Å². The van der Waals surface area contributed by atoms with Crippen molar-refractivity contribution in [2.75, 3.05) is 32.9 Å². The second kappa shape index (κ2) is 6.51. The summed E-state index contributed by atoms with van der Waals surface area (Å²) in [6.07, 6.45) is 3.78. The van der Waals surface area contributed by atoms with Crippen molar-refractivity contribution >= 4 is 12.6 Å². The van der Waals surface area contributed by atoms with E-state index in [1.165, 1.54) is 5.56 Å². The fraction of sp³-hybridized carbons (Fsp3) is 0.706. The van der Waals surface area contributed by atoms with E-state index in [-0.39, 0.29) is 18.1 Å². The topological polar surface area (TPSA) is 43.8 Å². The van der Waals surface area contributed by atoms with Crippen LogP contribution < -0.4 is 5.46 Å². The summed E-state index contributed by atoms with van der Waals surface area (Å²) in [6.45, 7) is 13.8. The molecule has 3 heterocycles. The van der Waals surface area contributed by atoms with Crippen LogP contribution in [0.1, 0.15) is 33.3 Å². The van der Waals surface area contributed by atoms with Crippen molar-refractivity contribution in [2.24, 2.45) is 5.41 Å². The first kappa shape index (κ1) is 16.9. The molecule has 0 bridgehead atoms. The molecule has 0 atom stereocenters. The minimum atomic E-state index is -0.338. The van der Waals surface area contributed by atoms with E-state index in [1.54, 1.807) is 0 Å². The number of hydrogen-bond donors (Lipinski definition) is 0. The predicted molar refractivity (Wildman–Crippen MR) is 90.6 cm³/mol. The smallest absolute Gasteiger partial charge is 0.407 e. The zero-order valence-corrected chi connectivity index (χ0v) is 14.7. The van der Waals surface area contributed by atoms with Crippen LogP contribution in [0.15, 0.2) is 18.5 Å². The Morgan fingerprint density at radius 2 is 1.91 bits per heavy atom. The highest BCUT2D eigenvalue weighted by Crippen LogP contribution is 2.37. The van der Waals surface area contributed by atoms with Crippen LogP contribution in [-0.4, -0.2) is 55.5 Å². The molecule has 0 amide bonds. The molecule has 23 heavy (non-hydrogen) atoms. The highest BCUT2D eigenvalue weighted by atomic mass is 16.6. The summed E-state index contributed by atoms with van der Waals surface area (Å²) in [5.41, 5.74) is 1.94. The number of rotatable bonds is 3. The number of morpholine rings is 1. The number of aromatic nitrogens is 1. The lowest BCUT2D eigenvalue weighted by molar-refractivity contribution is -0.0937. The largest absolute Gasteiger partial charge is 0.495 e. The van der Waals surface area contributed by atoms with Crippen molar-refractivity contribution in [3.8, 4) is 0 Å². The number of nitrogens with zero attached hydrogens (tertiary/aromatic N) is 2. The standard InChI is InChI=1S/C17H27BN2O3/c1-16(2)13-22-18(23-17(16,3)4)15-9-14(10-19-11-15)12-20-5-7-21-8-6-20/h9-11H,5-8,12-13H2,1-4H3. The van der Waals surface area contributed by atoms with Crippen LogP contribution in [0.25, 0.3) is 0 Å². The molecule has 2 fully saturated rings. The lowest BCUT2D eigenvalue weighted by Crippen LogP contribution is -2.58. The number of hydrogen-bond acceptors (Lipinski definition) is 5. The van der Waals surface area contributed by atoms with Crippen molar-refractivity contribution in [1.29, 1.82) is 0 Å². The first-order chi connectivity index (χ1) is 10.9. The third kappa shape index (κ3) is 3.77. The summed E-state index contributed by atoms with van der Waals surface area (Å²) in [7, 11) is -0.338. The van der Waals surface area contributed by atoms with Crippen molar-refractivity contribution in [3.63, 3.8) is 0 Å². The molecule has 2 saturated heterocycles. The molecule has 5 nitrogen and oxygen atoms in total. The van der Waals surface area contributed by atoms with Gasteiger partial charge in [0.15, 0.2) is 0 Å². The maximum absolute atomic E-state index is 6.22. The normalized spacial score (nSPS) is 24.6. The molecule has 126 valence electrons. The van der Waals surface area contributed by atoms with Crippen LogP contribution >= 0.6 is 0 Å². The minimum absolute atomic E-state index is 0.0116. The Morgan fingerprint density at radius 3 is 2.61 bits per heavy atom. The zero-order valence-electron chi connectivity index (χ0n) is 14.7. The molecule has 0 radical (unpaired) electrons. The Morgan fingerprint density at radius 1 is 1.17 bits per heavy atom. The molecular weight excluding hydrogens is 291 g/mol. The molecule has 0 saturated carbocycles. The van der Waals surface area contributed by atoms with Gasteiger partial charge < -0.3 is 14.0 Å². The maximum atomic E-state index is 6.22. The number of ether oxygens (including phenoxy) is 1. The highest BCUT2D eigenvalue weighted by Gasteiger charge is 2.47. The van der Waals surface area contributed by atoms with E-state index >= 15 is 0 Å². The molecule has 0 aromatic carbocycles. The van der Waals surface area contributed by atoms with Crippen LogP contribution in [-0.2, 0) is 20.6 Å². The van der Waals surface area contributed by atoms with Gasteiger partial charge in [-0.25, -0.2) is 0 Å². The Balaban J connectivity index is 1.70. The minimum Gasteiger partial charge on any atom is -0.407 e. The van der Waals surface area contributed by atoms with E-state index in [0.29, 0.717) is 6.61 Å².